The van der Waals surface area contributed by atoms with E-state index in [1.54, 1.807) is 0 Å². The quantitative estimate of drug-likeness (QED) is 0.712. The summed E-state index contributed by atoms with van der Waals surface area (Å²) in [5.74, 6) is 0.0897. The van der Waals surface area contributed by atoms with Crippen LogP contribution in [0.3, 0.4) is 0 Å². The Morgan fingerprint density at radius 1 is 1.53 bits per heavy atom. The summed E-state index contributed by atoms with van der Waals surface area (Å²) in [6.07, 6.45) is -5.64. The summed E-state index contributed by atoms with van der Waals surface area (Å²) in [7, 11) is 0. The Labute approximate surface area is 83.9 Å². The first-order chi connectivity index (χ1) is 6.91. The topological polar surface area (TPSA) is 71.2 Å². The number of aromatic nitrogens is 1. The number of hydrogen-bond acceptors (Lipinski definition) is 4. The van der Waals surface area contributed by atoms with Gasteiger partial charge in [-0.05, 0) is 12.1 Å². The SMILES string of the molecule is Nc1ncccc1NCC(O)C(F)(F)F. The Kier molecular flexibility index (Phi) is 3.35. The lowest BCUT2D eigenvalue weighted by molar-refractivity contribution is -0.198. The summed E-state index contributed by atoms with van der Waals surface area (Å²) >= 11 is 0. The second-order valence-electron chi connectivity index (χ2n) is 2.87. The number of nitrogen functional groups attached to an aromatic ring is 1. The minimum Gasteiger partial charge on any atom is -0.382 e. The number of pyridine rings is 1. The monoisotopic (exact) mass is 221 g/mol. The van der Waals surface area contributed by atoms with E-state index in [0.29, 0.717) is 0 Å². The van der Waals surface area contributed by atoms with Crippen molar-refractivity contribution in [2.45, 2.75) is 12.3 Å². The van der Waals surface area contributed by atoms with Crippen LogP contribution in [0.1, 0.15) is 0 Å². The first-order valence-corrected chi connectivity index (χ1v) is 4.10. The lowest BCUT2D eigenvalue weighted by Crippen LogP contribution is -2.35. The van der Waals surface area contributed by atoms with E-state index in [1.807, 2.05) is 0 Å². The van der Waals surface area contributed by atoms with Crippen LogP contribution in [-0.2, 0) is 0 Å². The smallest absolute Gasteiger partial charge is 0.382 e. The number of nitrogens with zero attached hydrogens (tertiary/aromatic N) is 1. The van der Waals surface area contributed by atoms with Crippen LogP contribution in [0.2, 0.25) is 0 Å². The van der Waals surface area contributed by atoms with E-state index in [2.05, 4.69) is 10.3 Å². The molecule has 0 aliphatic carbocycles. The number of aliphatic hydroxyl groups excluding tert-OH is 1. The predicted octanol–water partition coefficient (Wildman–Crippen LogP) is 0.999. The van der Waals surface area contributed by atoms with Crippen molar-refractivity contribution in [2.75, 3.05) is 17.6 Å². The van der Waals surface area contributed by atoms with Crippen LogP contribution in [-0.4, -0.2) is 28.9 Å². The van der Waals surface area contributed by atoms with Gasteiger partial charge in [0.1, 0.15) is 5.82 Å². The summed E-state index contributed by atoms with van der Waals surface area (Å²) in [6.45, 7) is -0.653. The fourth-order valence-corrected chi connectivity index (χ4v) is 0.889. The number of nitrogens with one attached hydrogen (secondary N) is 1. The zero-order chi connectivity index (χ0) is 11.5. The Hall–Kier alpha value is -1.50. The molecule has 7 heteroatoms. The highest BCUT2D eigenvalue weighted by Gasteiger charge is 2.37. The van der Waals surface area contributed by atoms with Gasteiger partial charge in [0, 0.05) is 12.7 Å². The standard InChI is InChI=1S/C8H10F3N3O/c9-8(10,11)6(15)4-14-5-2-1-3-13-7(5)12/h1-3,6,14-15H,4H2,(H2,12,13). The number of halogens is 3. The van der Waals surface area contributed by atoms with Crippen molar-refractivity contribution in [2.24, 2.45) is 0 Å². The van der Waals surface area contributed by atoms with Crippen LogP contribution >= 0.6 is 0 Å². The van der Waals surface area contributed by atoms with Gasteiger partial charge in [-0.1, -0.05) is 0 Å². The van der Waals surface area contributed by atoms with Crippen LogP contribution < -0.4 is 11.1 Å². The summed E-state index contributed by atoms with van der Waals surface area (Å²) in [5.41, 5.74) is 5.64. The van der Waals surface area contributed by atoms with Gasteiger partial charge in [-0.2, -0.15) is 13.2 Å². The molecule has 15 heavy (non-hydrogen) atoms. The molecule has 1 aromatic heterocycles. The molecule has 84 valence electrons. The molecule has 0 aliphatic rings. The molecule has 0 aliphatic heterocycles. The third kappa shape index (κ3) is 3.28. The molecule has 4 N–H and O–H groups in total. The summed E-state index contributed by atoms with van der Waals surface area (Å²) < 4.78 is 35.7. The molecule has 0 aromatic carbocycles. The van der Waals surface area contributed by atoms with E-state index >= 15 is 0 Å². The van der Waals surface area contributed by atoms with Gasteiger partial charge in [-0.3, -0.25) is 0 Å². The molecule has 0 bridgehead atoms. The fraction of sp³-hybridized carbons (Fsp3) is 0.375. The molecule has 0 radical (unpaired) electrons. The lowest BCUT2D eigenvalue weighted by atomic mass is 10.3. The van der Waals surface area contributed by atoms with Gasteiger partial charge in [0.15, 0.2) is 6.10 Å². The number of rotatable bonds is 3. The van der Waals surface area contributed by atoms with Crippen LogP contribution in [0.4, 0.5) is 24.7 Å². The van der Waals surface area contributed by atoms with Crippen molar-refractivity contribution in [1.82, 2.24) is 4.98 Å². The zero-order valence-electron chi connectivity index (χ0n) is 7.62. The number of aliphatic hydroxyl groups is 1. The van der Waals surface area contributed by atoms with Crippen molar-refractivity contribution in [3.63, 3.8) is 0 Å². The summed E-state index contributed by atoms with van der Waals surface area (Å²) in [6, 6.07) is 3.00. The Bertz CT molecular complexity index is 329. The Morgan fingerprint density at radius 2 is 2.20 bits per heavy atom. The molecule has 0 spiro atoms. The second-order valence-corrected chi connectivity index (χ2v) is 2.87. The van der Waals surface area contributed by atoms with E-state index in [1.165, 1.54) is 18.3 Å². The van der Waals surface area contributed by atoms with Gasteiger partial charge < -0.3 is 16.2 Å². The van der Waals surface area contributed by atoms with E-state index in [4.69, 9.17) is 10.8 Å². The molecule has 0 amide bonds. The van der Waals surface area contributed by atoms with Crippen LogP contribution in [0.15, 0.2) is 18.3 Å². The molecule has 1 rings (SSSR count). The number of hydrogen-bond donors (Lipinski definition) is 3. The number of anilines is 2. The molecule has 1 unspecified atom stereocenters. The third-order valence-electron chi connectivity index (χ3n) is 1.70. The minimum absolute atomic E-state index is 0.0897. The first kappa shape index (κ1) is 11.6. The van der Waals surface area contributed by atoms with Crippen molar-refractivity contribution < 1.29 is 18.3 Å². The number of alkyl halides is 3. The molecule has 1 atom stereocenters. The van der Waals surface area contributed by atoms with E-state index in [-0.39, 0.29) is 11.5 Å². The van der Waals surface area contributed by atoms with Crippen LogP contribution in [0.25, 0.3) is 0 Å². The van der Waals surface area contributed by atoms with Gasteiger partial charge in [-0.25, -0.2) is 4.98 Å². The van der Waals surface area contributed by atoms with Crippen molar-refractivity contribution >= 4 is 11.5 Å². The van der Waals surface area contributed by atoms with Crippen molar-refractivity contribution in [3.05, 3.63) is 18.3 Å². The molecule has 1 heterocycles. The largest absolute Gasteiger partial charge is 0.416 e. The van der Waals surface area contributed by atoms with Crippen LogP contribution in [0.5, 0.6) is 0 Å². The average molecular weight is 221 g/mol. The van der Waals surface area contributed by atoms with Crippen LogP contribution in [0, 0.1) is 0 Å². The molecule has 0 saturated heterocycles. The Balaban J connectivity index is 2.55. The average Bonchev–Trinajstić information content (AvgIpc) is 2.14. The molecule has 0 saturated carbocycles. The lowest BCUT2D eigenvalue weighted by Gasteiger charge is -2.16. The molecular weight excluding hydrogens is 211 g/mol. The summed E-state index contributed by atoms with van der Waals surface area (Å²) in [4.78, 5) is 3.67. The second kappa shape index (κ2) is 4.35. The molecule has 4 nitrogen and oxygen atoms in total. The van der Waals surface area contributed by atoms with Crippen molar-refractivity contribution in [3.8, 4) is 0 Å². The highest BCUT2D eigenvalue weighted by molar-refractivity contribution is 5.60. The fourth-order valence-electron chi connectivity index (χ4n) is 0.889. The minimum atomic E-state index is -4.63. The normalized spacial score (nSPS) is 13.6. The van der Waals surface area contributed by atoms with Gasteiger partial charge in [0.2, 0.25) is 0 Å². The van der Waals surface area contributed by atoms with Gasteiger partial charge in [0.25, 0.3) is 0 Å². The molecule has 0 fully saturated rings. The van der Waals surface area contributed by atoms with E-state index in [9.17, 15) is 13.2 Å². The third-order valence-corrected chi connectivity index (χ3v) is 1.70. The highest BCUT2D eigenvalue weighted by Crippen LogP contribution is 2.21. The maximum absolute atomic E-state index is 11.9. The zero-order valence-corrected chi connectivity index (χ0v) is 7.62. The van der Waals surface area contributed by atoms with Crippen molar-refractivity contribution in [1.29, 1.82) is 0 Å². The highest BCUT2D eigenvalue weighted by atomic mass is 19.4. The number of nitrogens with two attached hydrogens (primary N) is 1. The first-order valence-electron chi connectivity index (χ1n) is 4.10. The van der Waals surface area contributed by atoms with Gasteiger partial charge in [-0.15, -0.1) is 0 Å². The van der Waals surface area contributed by atoms with Gasteiger partial charge >= 0.3 is 6.18 Å². The van der Waals surface area contributed by atoms with Gasteiger partial charge in [0.05, 0.1) is 5.69 Å². The van der Waals surface area contributed by atoms with E-state index < -0.39 is 18.8 Å². The molecule has 1 aromatic rings. The van der Waals surface area contributed by atoms with E-state index in [0.717, 1.165) is 0 Å². The summed E-state index contributed by atoms with van der Waals surface area (Å²) in [5, 5.41) is 11.1. The maximum atomic E-state index is 11.9. The predicted molar refractivity (Wildman–Crippen MR) is 49.2 cm³/mol. The Morgan fingerprint density at radius 3 is 2.73 bits per heavy atom. The molecular formula is C8H10F3N3O. The maximum Gasteiger partial charge on any atom is 0.416 e.